The number of amides is 2. The van der Waals surface area contributed by atoms with Gasteiger partial charge >= 0.3 is 11.8 Å². The van der Waals surface area contributed by atoms with E-state index in [9.17, 15) is 9.59 Å². The molecule has 0 radical (unpaired) electrons. The van der Waals surface area contributed by atoms with Crippen LogP contribution >= 0.6 is 0 Å². The summed E-state index contributed by atoms with van der Waals surface area (Å²) in [5, 5.41) is 5.62. The third-order valence-electron chi connectivity index (χ3n) is 4.51. The average Bonchev–Trinajstić information content (AvgIpc) is 2.77. The van der Waals surface area contributed by atoms with Crippen molar-refractivity contribution in [1.82, 2.24) is 10.6 Å². The summed E-state index contributed by atoms with van der Waals surface area (Å²) in [5.41, 5.74) is 1.42. The van der Waals surface area contributed by atoms with Crippen LogP contribution in [0.25, 0.3) is 0 Å². The van der Waals surface area contributed by atoms with Crippen molar-refractivity contribution in [1.29, 1.82) is 0 Å². The quantitative estimate of drug-likeness (QED) is 0.475. The molecule has 0 heterocycles. The second kappa shape index (κ2) is 8.85. The smallest absolute Gasteiger partial charge is 0.309 e. The summed E-state index contributed by atoms with van der Waals surface area (Å²) in [6.45, 7) is 0.572. The molecule has 0 aromatic heterocycles. The highest BCUT2D eigenvalue weighted by Gasteiger charge is 2.19. The van der Waals surface area contributed by atoms with Gasteiger partial charge in [0, 0.05) is 12.6 Å². The maximum absolute atomic E-state index is 11.9. The van der Waals surface area contributed by atoms with Gasteiger partial charge in [-0.05, 0) is 44.9 Å². The molecule has 2 aliphatic rings. The maximum Gasteiger partial charge on any atom is 0.309 e. The fourth-order valence-corrected chi connectivity index (χ4v) is 3.22. The van der Waals surface area contributed by atoms with E-state index in [0.717, 1.165) is 44.9 Å². The predicted octanol–water partition coefficient (Wildman–Crippen LogP) is 2.83. The highest BCUT2D eigenvalue weighted by molar-refractivity contribution is 6.35. The Labute approximate surface area is 127 Å². The molecule has 0 atom stereocenters. The van der Waals surface area contributed by atoms with Crippen LogP contribution in [0.4, 0.5) is 0 Å². The fourth-order valence-electron chi connectivity index (χ4n) is 3.22. The van der Waals surface area contributed by atoms with Crippen molar-refractivity contribution in [2.75, 3.05) is 6.54 Å². The third kappa shape index (κ3) is 5.90. The normalized spacial score (nSPS) is 20.3. The Bertz CT molecular complexity index is 382. The van der Waals surface area contributed by atoms with Crippen LogP contribution in [0.5, 0.6) is 0 Å². The van der Waals surface area contributed by atoms with Crippen molar-refractivity contribution in [3.05, 3.63) is 11.6 Å². The van der Waals surface area contributed by atoms with E-state index < -0.39 is 11.8 Å². The second-order valence-electron chi connectivity index (χ2n) is 6.28. The zero-order chi connectivity index (χ0) is 14.9. The maximum atomic E-state index is 11.9. The van der Waals surface area contributed by atoms with E-state index in [2.05, 4.69) is 16.7 Å². The summed E-state index contributed by atoms with van der Waals surface area (Å²) in [7, 11) is 0. The first kappa shape index (κ1) is 16.1. The Morgan fingerprint density at radius 1 is 1.00 bits per heavy atom. The van der Waals surface area contributed by atoms with Crippen LogP contribution in [0.15, 0.2) is 11.6 Å². The number of carbonyl (C=O) groups excluding carboxylic acids is 2. The lowest BCUT2D eigenvalue weighted by Crippen LogP contribution is -2.44. The zero-order valence-corrected chi connectivity index (χ0v) is 13.0. The average molecular weight is 292 g/mol. The molecule has 2 amide bonds. The van der Waals surface area contributed by atoms with Crippen LogP contribution in [0.2, 0.25) is 0 Å². The van der Waals surface area contributed by atoms with Gasteiger partial charge < -0.3 is 10.6 Å². The molecule has 0 unspecified atom stereocenters. The summed E-state index contributed by atoms with van der Waals surface area (Å²) >= 11 is 0. The van der Waals surface area contributed by atoms with Crippen LogP contribution in [0.3, 0.4) is 0 Å². The van der Waals surface area contributed by atoms with Crippen molar-refractivity contribution >= 4 is 11.8 Å². The minimum Gasteiger partial charge on any atom is -0.348 e. The summed E-state index contributed by atoms with van der Waals surface area (Å²) in [5.74, 6) is -0.935. The van der Waals surface area contributed by atoms with Crippen molar-refractivity contribution in [3.8, 4) is 0 Å². The molecular weight excluding hydrogens is 264 g/mol. The van der Waals surface area contributed by atoms with Crippen LogP contribution in [0.1, 0.15) is 70.6 Å². The van der Waals surface area contributed by atoms with E-state index in [4.69, 9.17) is 0 Å². The van der Waals surface area contributed by atoms with Crippen LogP contribution in [0, 0.1) is 0 Å². The standard InChI is InChI=1S/C17H28N2O2/c20-16(18-13-12-14-8-4-3-5-9-14)17(21)19-15-10-6-1-2-7-11-15/h8,15H,1-7,9-13H2,(H,18,20)(H,19,21). The Balaban J connectivity index is 1.64. The Morgan fingerprint density at radius 2 is 1.76 bits per heavy atom. The van der Waals surface area contributed by atoms with Gasteiger partial charge in [-0.25, -0.2) is 0 Å². The van der Waals surface area contributed by atoms with Gasteiger partial charge in [-0.3, -0.25) is 9.59 Å². The SMILES string of the molecule is O=C(NCCC1=CCCCC1)C(=O)NC1CCCCCC1. The number of hydrogen-bond donors (Lipinski definition) is 2. The molecule has 118 valence electrons. The minimum atomic E-state index is -0.476. The molecule has 1 saturated carbocycles. The topological polar surface area (TPSA) is 58.2 Å². The Hall–Kier alpha value is -1.32. The van der Waals surface area contributed by atoms with E-state index in [1.165, 1.54) is 31.3 Å². The van der Waals surface area contributed by atoms with Crippen molar-refractivity contribution < 1.29 is 9.59 Å². The summed E-state index contributed by atoms with van der Waals surface area (Å²) in [4.78, 5) is 23.7. The van der Waals surface area contributed by atoms with Gasteiger partial charge in [0.1, 0.15) is 0 Å². The lowest BCUT2D eigenvalue weighted by atomic mass is 9.97. The number of allylic oxidation sites excluding steroid dienone is 1. The second-order valence-corrected chi connectivity index (χ2v) is 6.28. The first-order chi connectivity index (χ1) is 10.3. The molecule has 21 heavy (non-hydrogen) atoms. The van der Waals surface area contributed by atoms with Crippen molar-refractivity contribution in [2.24, 2.45) is 0 Å². The van der Waals surface area contributed by atoms with Crippen LogP contribution < -0.4 is 10.6 Å². The molecule has 0 spiro atoms. The number of rotatable bonds is 4. The van der Waals surface area contributed by atoms with Gasteiger partial charge in [-0.2, -0.15) is 0 Å². The van der Waals surface area contributed by atoms with Gasteiger partial charge in [0.25, 0.3) is 0 Å². The van der Waals surface area contributed by atoms with E-state index in [1.54, 1.807) is 0 Å². The molecule has 4 heteroatoms. The van der Waals surface area contributed by atoms with Crippen LogP contribution in [-0.4, -0.2) is 24.4 Å². The van der Waals surface area contributed by atoms with Gasteiger partial charge in [0.2, 0.25) is 0 Å². The molecule has 0 bridgehead atoms. The van der Waals surface area contributed by atoms with Gasteiger partial charge in [-0.1, -0.05) is 37.3 Å². The van der Waals surface area contributed by atoms with Crippen molar-refractivity contribution in [2.45, 2.75) is 76.7 Å². The first-order valence-corrected chi connectivity index (χ1v) is 8.52. The molecule has 0 aromatic rings. The fraction of sp³-hybridized carbons (Fsp3) is 0.765. The predicted molar refractivity (Wildman–Crippen MR) is 83.8 cm³/mol. The summed E-state index contributed by atoms with van der Waals surface area (Å²) < 4.78 is 0. The zero-order valence-electron chi connectivity index (χ0n) is 13.0. The molecule has 0 aromatic carbocycles. The monoisotopic (exact) mass is 292 g/mol. The summed E-state index contributed by atoms with van der Waals surface area (Å²) in [6, 6.07) is 0.187. The molecule has 0 aliphatic heterocycles. The molecule has 2 aliphatic carbocycles. The largest absolute Gasteiger partial charge is 0.348 e. The van der Waals surface area contributed by atoms with Crippen LogP contribution in [-0.2, 0) is 9.59 Å². The lowest BCUT2D eigenvalue weighted by Gasteiger charge is -2.16. The lowest BCUT2D eigenvalue weighted by molar-refractivity contribution is -0.139. The van der Waals surface area contributed by atoms with E-state index in [-0.39, 0.29) is 6.04 Å². The molecule has 0 saturated heterocycles. The molecular formula is C17H28N2O2. The number of carbonyl (C=O) groups is 2. The summed E-state index contributed by atoms with van der Waals surface area (Å²) in [6.07, 6.45) is 14.8. The number of nitrogens with one attached hydrogen (secondary N) is 2. The Kier molecular flexibility index (Phi) is 6.77. The van der Waals surface area contributed by atoms with Gasteiger partial charge in [0.15, 0.2) is 0 Å². The third-order valence-corrected chi connectivity index (χ3v) is 4.51. The minimum absolute atomic E-state index is 0.187. The highest BCUT2D eigenvalue weighted by atomic mass is 16.2. The Morgan fingerprint density at radius 3 is 2.43 bits per heavy atom. The highest BCUT2D eigenvalue weighted by Crippen LogP contribution is 2.19. The van der Waals surface area contributed by atoms with Crippen molar-refractivity contribution in [3.63, 3.8) is 0 Å². The van der Waals surface area contributed by atoms with E-state index in [0.29, 0.717) is 6.54 Å². The van der Waals surface area contributed by atoms with Gasteiger partial charge in [0.05, 0.1) is 0 Å². The molecule has 1 fully saturated rings. The molecule has 4 nitrogen and oxygen atoms in total. The molecule has 2 rings (SSSR count). The number of hydrogen-bond acceptors (Lipinski definition) is 2. The van der Waals surface area contributed by atoms with E-state index >= 15 is 0 Å². The first-order valence-electron chi connectivity index (χ1n) is 8.52. The van der Waals surface area contributed by atoms with E-state index in [1.807, 2.05) is 0 Å². The van der Waals surface area contributed by atoms with Gasteiger partial charge in [-0.15, -0.1) is 0 Å². The molecule has 2 N–H and O–H groups in total.